The first-order chi connectivity index (χ1) is 13.1. The molecule has 2 aromatic carbocycles. The van der Waals surface area contributed by atoms with Gasteiger partial charge < -0.3 is 5.32 Å². The molecule has 1 heterocycles. The van der Waals surface area contributed by atoms with Gasteiger partial charge in [-0.1, -0.05) is 35.9 Å². The minimum absolute atomic E-state index is 0.0696. The first kappa shape index (κ1) is 20.0. The van der Waals surface area contributed by atoms with E-state index in [9.17, 15) is 22.4 Å². The molecule has 1 aliphatic heterocycles. The molecule has 8 heteroatoms. The van der Waals surface area contributed by atoms with Gasteiger partial charge in [-0.05, 0) is 38.5 Å². The molecule has 0 spiro atoms. The van der Waals surface area contributed by atoms with Gasteiger partial charge in [-0.25, -0.2) is 17.6 Å². The Morgan fingerprint density at radius 3 is 2.36 bits per heavy atom. The van der Waals surface area contributed by atoms with Crippen molar-refractivity contribution in [3.63, 3.8) is 0 Å². The molecule has 1 fully saturated rings. The number of sulfone groups is 1. The molecule has 1 aliphatic rings. The van der Waals surface area contributed by atoms with Crippen LogP contribution in [-0.2, 0) is 20.2 Å². The number of carbonyl (C=O) groups is 2. The van der Waals surface area contributed by atoms with Crippen molar-refractivity contribution in [1.29, 1.82) is 0 Å². The third kappa shape index (κ3) is 3.64. The molecule has 3 amide bonds. The van der Waals surface area contributed by atoms with Crippen LogP contribution in [0.2, 0.25) is 0 Å². The maximum Gasteiger partial charge on any atom is 0.325 e. The minimum Gasteiger partial charge on any atom is -0.319 e. The smallest absolute Gasteiger partial charge is 0.319 e. The quantitative estimate of drug-likeness (QED) is 0.751. The first-order valence-electron chi connectivity index (χ1n) is 8.84. The molecule has 0 radical (unpaired) electrons. The summed E-state index contributed by atoms with van der Waals surface area (Å²) < 4.78 is 39.0. The number of nitrogens with zero attached hydrogens (tertiary/aromatic N) is 1. The number of halogens is 1. The number of hydrogen-bond acceptors (Lipinski definition) is 4. The van der Waals surface area contributed by atoms with E-state index < -0.39 is 33.1 Å². The van der Waals surface area contributed by atoms with Crippen molar-refractivity contribution in [2.75, 3.05) is 12.3 Å². The Labute approximate surface area is 163 Å². The fraction of sp³-hybridized carbons (Fsp3) is 0.300. The van der Waals surface area contributed by atoms with Gasteiger partial charge in [0.2, 0.25) is 0 Å². The zero-order valence-corrected chi connectivity index (χ0v) is 16.4. The Hall–Kier alpha value is -2.74. The van der Waals surface area contributed by atoms with Crippen LogP contribution < -0.4 is 5.32 Å². The van der Waals surface area contributed by atoms with Crippen LogP contribution in [-0.4, -0.2) is 37.6 Å². The Morgan fingerprint density at radius 2 is 1.71 bits per heavy atom. The molecular formula is C20H21FN2O4S. The molecule has 0 bridgehead atoms. The van der Waals surface area contributed by atoms with E-state index in [0.717, 1.165) is 10.5 Å². The van der Waals surface area contributed by atoms with Crippen LogP contribution in [0.4, 0.5) is 9.18 Å². The fourth-order valence-electron chi connectivity index (χ4n) is 3.23. The predicted molar refractivity (Wildman–Crippen MR) is 102 cm³/mol. The third-order valence-electron chi connectivity index (χ3n) is 4.86. The lowest BCUT2D eigenvalue weighted by Gasteiger charge is -2.22. The molecule has 3 rings (SSSR count). The number of amides is 3. The molecule has 1 unspecified atom stereocenters. The van der Waals surface area contributed by atoms with Crippen molar-refractivity contribution in [3.05, 3.63) is 65.5 Å². The van der Waals surface area contributed by atoms with Crippen LogP contribution >= 0.6 is 0 Å². The van der Waals surface area contributed by atoms with Crippen LogP contribution in [0, 0.1) is 12.7 Å². The number of carbonyl (C=O) groups excluding carboxylic acids is 2. The molecular weight excluding hydrogens is 383 g/mol. The zero-order chi connectivity index (χ0) is 20.5. The van der Waals surface area contributed by atoms with Gasteiger partial charge >= 0.3 is 6.03 Å². The summed E-state index contributed by atoms with van der Waals surface area (Å²) in [6.07, 6.45) is 0.0860. The van der Waals surface area contributed by atoms with Crippen molar-refractivity contribution >= 4 is 21.8 Å². The lowest BCUT2D eigenvalue weighted by Crippen LogP contribution is -2.41. The molecule has 28 heavy (non-hydrogen) atoms. The molecule has 1 atom stereocenters. The second-order valence-corrected chi connectivity index (χ2v) is 9.09. The number of hydrogen-bond donors (Lipinski definition) is 1. The zero-order valence-electron chi connectivity index (χ0n) is 15.6. The van der Waals surface area contributed by atoms with Gasteiger partial charge in [-0.3, -0.25) is 9.69 Å². The van der Waals surface area contributed by atoms with E-state index >= 15 is 0 Å². The summed E-state index contributed by atoms with van der Waals surface area (Å²) in [6, 6.07) is 11.6. The predicted octanol–water partition coefficient (Wildman–Crippen LogP) is 2.77. The summed E-state index contributed by atoms with van der Waals surface area (Å²) in [5, 5.41) is 2.52. The van der Waals surface area contributed by atoms with E-state index in [4.69, 9.17) is 0 Å². The van der Waals surface area contributed by atoms with Crippen molar-refractivity contribution in [1.82, 2.24) is 10.2 Å². The number of imide groups is 1. The molecule has 0 aromatic heterocycles. The summed E-state index contributed by atoms with van der Waals surface area (Å²) in [5.41, 5.74) is -0.494. The highest BCUT2D eigenvalue weighted by Crippen LogP contribution is 2.30. The molecule has 1 N–H and O–H groups in total. The van der Waals surface area contributed by atoms with E-state index in [1.165, 1.54) is 37.3 Å². The van der Waals surface area contributed by atoms with E-state index in [1.54, 1.807) is 18.2 Å². The van der Waals surface area contributed by atoms with Crippen LogP contribution in [0.25, 0.3) is 0 Å². The normalized spacial score (nSPS) is 19.8. The Kier molecular flexibility index (Phi) is 5.25. The maximum atomic E-state index is 14.1. The van der Waals surface area contributed by atoms with E-state index in [0.29, 0.717) is 0 Å². The Balaban J connectivity index is 1.70. The largest absolute Gasteiger partial charge is 0.325 e. The van der Waals surface area contributed by atoms with Gasteiger partial charge in [0.05, 0.1) is 10.6 Å². The summed E-state index contributed by atoms with van der Waals surface area (Å²) in [4.78, 5) is 26.2. The summed E-state index contributed by atoms with van der Waals surface area (Å²) >= 11 is 0. The molecule has 148 valence electrons. The number of nitrogens with one attached hydrogen (secondary N) is 1. The van der Waals surface area contributed by atoms with Crippen molar-refractivity contribution in [2.45, 2.75) is 30.7 Å². The van der Waals surface area contributed by atoms with Crippen molar-refractivity contribution in [2.24, 2.45) is 0 Å². The van der Waals surface area contributed by atoms with E-state index in [2.05, 4.69) is 5.32 Å². The third-order valence-corrected chi connectivity index (χ3v) is 6.68. The standard InChI is InChI=1S/C20H21FN2O4S/c1-14-8-10-15(11-9-14)28(26,27)13-5-12-23-18(24)20(2,22-19(23)25)16-6-3-4-7-17(16)21/h3-4,6-11H,5,12-13H2,1-2H3,(H,22,25). The first-order valence-corrected chi connectivity index (χ1v) is 10.5. The number of benzene rings is 2. The monoisotopic (exact) mass is 404 g/mol. The number of rotatable bonds is 6. The Morgan fingerprint density at radius 1 is 1.07 bits per heavy atom. The summed E-state index contributed by atoms with van der Waals surface area (Å²) in [5.74, 6) is -1.40. The van der Waals surface area contributed by atoms with Crippen LogP contribution in [0.3, 0.4) is 0 Å². The highest BCUT2D eigenvalue weighted by atomic mass is 32.2. The van der Waals surface area contributed by atoms with Crippen molar-refractivity contribution < 1.29 is 22.4 Å². The van der Waals surface area contributed by atoms with Gasteiger partial charge in [-0.2, -0.15) is 0 Å². The fourth-order valence-corrected chi connectivity index (χ4v) is 4.52. The van der Waals surface area contributed by atoms with Crippen LogP contribution in [0.1, 0.15) is 24.5 Å². The average molecular weight is 404 g/mol. The molecule has 0 saturated carbocycles. The van der Waals surface area contributed by atoms with Crippen LogP contribution in [0.15, 0.2) is 53.4 Å². The molecule has 0 aliphatic carbocycles. The summed E-state index contributed by atoms with van der Waals surface area (Å²) in [6.45, 7) is 3.23. The molecule has 6 nitrogen and oxygen atoms in total. The second-order valence-electron chi connectivity index (χ2n) is 6.98. The van der Waals surface area contributed by atoms with Crippen LogP contribution in [0.5, 0.6) is 0 Å². The molecule has 2 aromatic rings. The highest BCUT2D eigenvalue weighted by molar-refractivity contribution is 7.91. The number of urea groups is 1. The average Bonchev–Trinajstić information content (AvgIpc) is 2.86. The van der Waals surface area contributed by atoms with Crippen molar-refractivity contribution in [3.8, 4) is 0 Å². The second kappa shape index (κ2) is 7.35. The van der Waals surface area contributed by atoms with Gasteiger partial charge in [0.25, 0.3) is 5.91 Å². The Bertz CT molecular complexity index is 1020. The lowest BCUT2D eigenvalue weighted by molar-refractivity contribution is -0.131. The lowest BCUT2D eigenvalue weighted by atomic mass is 9.91. The molecule has 1 saturated heterocycles. The van der Waals surface area contributed by atoms with E-state index in [-0.39, 0.29) is 29.2 Å². The van der Waals surface area contributed by atoms with Gasteiger partial charge in [0.1, 0.15) is 11.4 Å². The van der Waals surface area contributed by atoms with Gasteiger partial charge in [0.15, 0.2) is 9.84 Å². The highest BCUT2D eigenvalue weighted by Gasteiger charge is 2.49. The number of aryl methyl sites for hydroxylation is 1. The SMILES string of the molecule is Cc1ccc(S(=O)(=O)CCCN2C(=O)NC(C)(c3ccccc3F)C2=O)cc1. The van der Waals surface area contributed by atoms with E-state index in [1.807, 2.05) is 6.92 Å². The van der Waals surface area contributed by atoms with Gasteiger partial charge in [-0.15, -0.1) is 0 Å². The summed E-state index contributed by atoms with van der Waals surface area (Å²) in [7, 11) is -3.52. The maximum absolute atomic E-state index is 14.1. The minimum atomic E-state index is -3.52. The topological polar surface area (TPSA) is 83.6 Å². The van der Waals surface area contributed by atoms with Gasteiger partial charge in [0, 0.05) is 12.1 Å².